The number of pyridine rings is 1. The van der Waals surface area contributed by atoms with E-state index in [9.17, 15) is 9.59 Å². The van der Waals surface area contributed by atoms with Crippen LogP contribution in [0, 0.1) is 0 Å². The molecule has 2 fully saturated rings. The van der Waals surface area contributed by atoms with Crippen LogP contribution in [0.25, 0.3) is 0 Å². The van der Waals surface area contributed by atoms with E-state index in [0.29, 0.717) is 19.5 Å². The maximum atomic E-state index is 12.9. The van der Waals surface area contributed by atoms with Gasteiger partial charge in [-0.2, -0.15) is 0 Å². The van der Waals surface area contributed by atoms with Gasteiger partial charge in [-0.25, -0.2) is 4.98 Å². The average Bonchev–Trinajstić information content (AvgIpc) is 3.11. The Morgan fingerprint density at radius 1 is 1.14 bits per heavy atom. The van der Waals surface area contributed by atoms with Crippen molar-refractivity contribution in [2.75, 3.05) is 26.2 Å². The first-order valence-corrected chi connectivity index (χ1v) is 10.7. The van der Waals surface area contributed by atoms with Crippen LogP contribution in [-0.2, 0) is 16.1 Å². The maximum absolute atomic E-state index is 12.9. The largest absolute Gasteiger partial charge is 0.340 e. The number of piperidine rings is 1. The summed E-state index contributed by atoms with van der Waals surface area (Å²) in [4.78, 5) is 37.6. The Labute approximate surface area is 171 Å². The molecule has 0 spiro atoms. The van der Waals surface area contributed by atoms with Crippen molar-refractivity contribution in [2.45, 2.75) is 51.0 Å². The van der Waals surface area contributed by atoms with Gasteiger partial charge in [-0.15, -0.1) is 0 Å². The van der Waals surface area contributed by atoms with Crippen molar-refractivity contribution < 1.29 is 9.59 Å². The van der Waals surface area contributed by atoms with Crippen molar-refractivity contribution in [3.63, 3.8) is 0 Å². The number of hydrogen-bond acceptors (Lipinski definition) is 4. The number of nitrogens with zero attached hydrogens (tertiary/aromatic N) is 5. The zero-order valence-corrected chi connectivity index (χ0v) is 16.9. The fourth-order valence-corrected chi connectivity index (χ4v) is 4.39. The number of amides is 2. The molecular weight excluding hydrogens is 366 g/mol. The highest BCUT2D eigenvalue weighted by Gasteiger charge is 2.29. The number of carbonyl (C=O) groups excluding carboxylic acids is 2. The van der Waals surface area contributed by atoms with Gasteiger partial charge >= 0.3 is 0 Å². The highest BCUT2D eigenvalue weighted by atomic mass is 16.2. The average molecular weight is 396 g/mol. The molecule has 0 aromatic carbocycles. The van der Waals surface area contributed by atoms with E-state index in [0.717, 1.165) is 56.6 Å². The smallest absolute Gasteiger partial charge is 0.242 e. The van der Waals surface area contributed by atoms with Crippen molar-refractivity contribution in [1.82, 2.24) is 24.3 Å². The number of likely N-dealkylation sites (tertiary alicyclic amines) is 2. The Hall–Kier alpha value is -2.70. The molecule has 2 aliphatic rings. The minimum Gasteiger partial charge on any atom is -0.340 e. The Kier molecular flexibility index (Phi) is 6.22. The van der Waals surface area contributed by atoms with E-state index in [2.05, 4.69) is 20.6 Å². The molecular formula is C22H29N5O2. The molecule has 0 saturated carbocycles. The van der Waals surface area contributed by atoms with Crippen LogP contribution in [-0.4, -0.2) is 62.3 Å². The number of rotatable bonds is 5. The second kappa shape index (κ2) is 9.20. The molecule has 2 aromatic heterocycles. The number of hydrogen-bond donors (Lipinski definition) is 0. The van der Waals surface area contributed by atoms with Crippen molar-refractivity contribution in [1.29, 1.82) is 0 Å². The Morgan fingerprint density at radius 3 is 2.93 bits per heavy atom. The normalized spacial score (nSPS) is 20.6. The van der Waals surface area contributed by atoms with E-state index in [1.54, 1.807) is 11.1 Å². The second-order valence-corrected chi connectivity index (χ2v) is 8.08. The molecule has 29 heavy (non-hydrogen) atoms. The fraction of sp³-hybridized carbons (Fsp3) is 0.545. The lowest BCUT2D eigenvalue weighted by Crippen LogP contribution is -2.46. The lowest BCUT2D eigenvalue weighted by atomic mass is 9.97. The van der Waals surface area contributed by atoms with E-state index in [1.165, 1.54) is 0 Å². The van der Waals surface area contributed by atoms with Gasteiger partial charge in [-0.05, 0) is 37.3 Å². The van der Waals surface area contributed by atoms with Crippen LogP contribution < -0.4 is 0 Å². The van der Waals surface area contributed by atoms with Crippen LogP contribution >= 0.6 is 0 Å². The van der Waals surface area contributed by atoms with Gasteiger partial charge in [0.25, 0.3) is 0 Å². The van der Waals surface area contributed by atoms with Crippen molar-refractivity contribution in [3.05, 3.63) is 48.3 Å². The summed E-state index contributed by atoms with van der Waals surface area (Å²) in [5, 5.41) is 0. The number of imidazole rings is 1. The van der Waals surface area contributed by atoms with E-state index in [-0.39, 0.29) is 24.3 Å². The van der Waals surface area contributed by atoms with Gasteiger partial charge in [-0.1, -0.05) is 12.5 Å². The summed E-state index contributed by atoms with van der Waals surface area (Å²) in [6, 6.07) is 4.00. The summed E-state index contributed by atoms with van der Waals surface area (Å²) >= 11 is 0. The first-order chi connectivity index (χ1) is 14.2. The zero-order valence-electron chi connectivity index (χ0n) is 16.9. The van der Waals surface area contributed by atoms with Gasteiger partial charge in [0.15, 0.2) is 0 Å². The molecule has 0 bridgehead atoms. The van der Waals surface area contributed by atoms with Crippen LogP contribution in [0.3, 0.4) is 0 Å². The molecule has 0 radical (unpaired) electrons. The van der Waals surface area contributed by atoms with Gasteiger partial charge in [0, 0.05) is 56.8 Å². The highest BCUT2D eigenvalue weighted by Crippen LogP contribution is 2.26. The molecule has 4 rings (SSSR count). The van der Waals surface area contributed by atoms with Crippen molar-refractivity contribution in [3.8, 4) is 0 Å². The quantitative estimate of drug-likeness (QED) is 0.780. The maximum Gasteiger partial charge on any atom is 0.242 e. The summed E-state index contributed by atoms with van der Waals surface area (Å²) < 4.78 is 2.16. The lowest BCUT2D eigenvalue weighted by Gasteiger charge is -2.34. The molecule has 4 heterocycles. The van der Waals surface area contributed by atoms with Gasteiger partial charge in [0.2, 0.25) is 11.8 Å². The summed E-state index contributed by atoms with van der Waals surface area (Å²) in [6.07, 6.45) is 13.0. The van der Waals surface area contributed by atoms with Crippen LogP contribution in [0.4, 0.5) is 0 Å². The first kappa shape index (κ1) is 19.6. The third kappa shape index (κ3) is 4.83. The van der Waals surface area contributed by atoms with Crippen molar-refractivity contribution in [2.24, 2.45) is 0 Å². The topological polar surface area (TPSA) is 71.3 Å². The van der Waals surface area contributed by atoms with Gasteiger partial charge in [0.05, 0.1) is 13.1 Å². The van der Waals surface area contributed by atoms with Gasteiger partial charge in [-0.3, -0.25) is 14.6 Å². The molecule has 2 saturated heterocycles. The summed E-state index contributed by atoms with van der Waals surface area (Å²) in [5.41, 5.74) is 1.13. The monoisotopic (exact) mass is 395 g/mol. The summed E-state index contributed by atoms with van der Waals surface area (Å²) in [5.74, 6) is 1.43. The molecule has 2 amide bonds. The second-order valence-electron chi connectivity index (χ2n) is 8.08. The third-order valence-electron chi connectivity index (χ3n) is 5.96. The lowest BCUT2D eigenvalue weighted by molar-refractivity contribution is -0.140. The highest BCUT2D eigenvalue weighted by molar-refractivity contribution is 5.85. The minimum absolute atomic E-state index is 0.0651. The molecule has 0 unspecified atom stereocenters. The fourth-order valence-electron chi connectivity index (χ4n) is 4.39. The van der Waals surface area contributed by atoms with Crippen LogP contribution in [0.15, 0.2) is 36.9 Å². The molecule has 2 aromatic rings. The van der Waals surface area contributed by atoms with Crippen LogP contribution in [0.5, 0.6) is 0 Å². The zero-order chi connectivity index (χ0) is 20.1. The Morgan fingerprint density at radius 2 is 2.07 bits per heavy atom. The van der Waals surface area contributed by atoms with Gasteiger partial charge < -0.3 is 14.4 Å². The molecule has 2 aliphatic heterocycles. The van der Waals surface area contributed by atoms with Crippen LogP contribution in [0.2, 0.25) is 0 Å². The molecule has 7 nitrogen and oxygen atoms in total. The van der Waals surface area contributed by atoms with Crippen LogP contribution in [0.1, 0.15) is 55.8 Å². The third-order valence-corrected chi connectivity index (χ3v) is 5.96. The molecule has 7 heteroatoms. The minimum atomic E-state index is 0.0651. The van der Waals surface area contributed by atoms with E-state index >= 15 is 0 Å². The number of aromatic nitrogens is 3. The van der Waals surface area contributed by atoms with E-state index < -0.39 is 0 Å². The SMILES string of the molecule is O=C1CCCCCN1CC(=O)N1CCC[C@H](c2nccn2Cc2cccnc2)C1. The molecule has 154 valence electrons. The number of carbonyl (C=O) groups is 2. The van der Waals surface area contributed by atoms with Gasteiger partial charge in [0.1, 0.15) is 5.82 Å². The molecule has 0 N–H and O–H groups in total. The summed E-state index contributed by atoms with van der Waals surface area (Å²) in [6.45, 7) is 3.09. The molecule has 1 atom stereocenters. The predicted octanol–water partition coefficient (Wildman–Crippen LogP) is 2.44. The summed E-state index contributed by atoms with van der Waals surface area (Å²) in [7, 11) is 0. The van der Waals surface area contributed by atoms with E-state index in [4.69, 9.17) is 0 Å². The molecule has 0 aliphatic carbocycles. The van der Waals surface area contributed by atoms with Crippen molar-refractivity contribution >= 4 is 11.8 Å². The van der Waals surface area contributed by atoms with E-state index in [1.807, 2.05) is 29.6 Å². The standard InChI is InChI=1S/C22H29N5O2/c28-20-8-2-1-3-11-26(20)17-21(29)25-12-5-7-19(16-25)22-24-10-13-27(22)15-18-6-4-9-23-14-18/h4,6,9-10,13-14,19H,1-3,5,7-8,11-12,15-17H2/t19-/m0/s1. The predicted molar refractivity (Wildman–Crippen MR) is 109 cm³/mol. The Bertz CT molecular complexity index is 835. The first-order valence-electron chi connectivity index (χ1n) is 10.7. The Balaban J connectivity index is 1.40.